The van der Waals surface area contributed by atoms with E-state index in [-0.39, 0.29) is 11.5 Å². The first-order valence-electron chi connectivity index (χ1n) is 9.71. The van der Waals surface area contributed by atoms with E-state index < -0.39 is 0 Å². The SMILES string of the molecule is COc1cc2cc(CCC(=O)N3CCc4ccccc4C3)c(=O)[nH]c2cc1OC. The maximum atomic E-state index is 12.7. The van der Waals surface area contributed by atoms with Gasteiger partial charge < -0.3 is 19.4 Å². The van der Waals surface area contributed by atoms with Crippen LogP contribution < -0.4 is 15.0 Å². The van der Waals surface area contributed by atoms with Crippen LogP contribution >= 0.6 is 0 Å². The Morgan fingerprint density at radius 1 is 1.07 bits per heavy atom. The molecule has 1 amide bonds. The lowest BCUT2D eigenvalue weighted by atomic mass is 9.99. The van der Waals surface area contributed by atoms with Gasteiger partial charge in [-0.25, -0.2) is 0 Å². The Bertz CT molecular complexity index is 1120. The van der Waals surface area contributed by atoms with Crippen molar-refractivity contribution >= 4 is 16.8 Å². The van der Waals surface area contributed by atoms with Crippen LogP contribution in [0.1, 0.15) is 23.1 Å². The Morgan fingerprint density at radius 3 is 2.55 bits per heavy atom. The highest BCUT2D eigenvalue weighted by atomic mass is 16.5. The van der Waals surface area contributed by atoms with Gasteiger partial charge in [-0.3, -0.25) is 9.59 Å². The number of hydrogen-bond acceptors (Lipinski definition) is 4. The minimum Gasteiger partial charge on any atom is -0.493 e. The maximum Gasteiger partial charge on any atom is 0.251 e. The second-order valence-electron chi connectivity index (χ2n) is 7.25. The summed E-state index contributed by atoms with van der Waals surface area (Å²) in [5.74, 6) is 1.23. The van der Waals surface area contributed by atoms with Crippen LogP contribution in [0, 0.1) is 0 Å². The molecule has 1 aliphatic rings. The van der Waals surface area contributed by atoms with Gasteiger partial charge in [0.05, 0.1) is 19.7 Å². The second-order valence-corrected chi connectivity index (χ2v) is 7.25. The van der Waals surface area contributed by atoms with Crippen LogP contribution in [-0.2, 0) is 24.2 Å². The highest BCUT2D eigenvalue weighted by Gasteiger charge is 2.20. The molecule has 0 radical (unpaired) electrons. The van der Waals surface area contributed by atoms with Crippen molar-refractivity contribution in [1.29, 1.82) is 0 Å². The number of nitrogens with one attached hydrogen (secondary N) is 1. The fourth-order valence-electron chi connectivity index (χ4n) is 3.87. The molecule has 0 atom stereocenters. The number of fused-ring (bicyclic) bond motifs is 2. The number of ether oxygens (including phenoxy) is 2. The minimum atomic E-state index is -0.179. The summed E-state index contributed by atoms with van der Waals surface area (Å²) in [6.45, 7) is 1.36. The molecule has 1 aromatic heterocycles. The van der Waals surface area contributed by atoms with E-state index in [1.54, 1.807) is 20.3 Å². The van der Waals surface area contributed by atoms with Crippen LogP contribution in [0.3, 0.4) is 0 Å². The molecule has 2 aromatic carbocycles. The molecule has 6 heteroatoms. The minimum absolute atomic E-state index is 0.0753. The third-order valence-corrected chi connectivity index (χ3v) is 5.52. The maximum absolute atomic E-state index is 12.7. The number of aromatic amines is 1. The van der Waals surface area contributed by atoms with E-state index in [0.717, 1.165) is 18.4 Å². The van der Waals surface area contributed by atoms with E-state index in [4.69, 9.17) is 9.47 Å². The normalized spacial score (nSPS) is 13.2. The van der Waals surface area contributed by atoms with E-state index in [1.807, 2.05) is 29.2 Å². The predicted octanol–water partition coefficient (Wildman–Crippen LogP) is 3.06. The Hall–Kier alpha value is -3.28. The molecule has 0 saturated carbocycles. The van der Waals surface area contributed by atoms with Gasteiger partial charge in [-0.15, -0.1) is 0 Å². The zero-order chi connectivity index (χ0) is 20.4. The van der Waals surface area contributed by atoms with E-state index in [9.17, 15) is 9.59 Å². The van der Waals surface area contributed by atoms with Gasteiger partial charge in [0.1, 0.15) is 0 Å². The molecule has 0 spiro atoms. The Kier molecular flexibility index (Phi) is 5.25. The van der Waals surface area contributed by atoms with Crippen LogP contribution in [-0.4, -0.2) is 36.6 Å². The Balaban J connectivity index is 1.50. The summed E-state index contributed by atoms with van der Waals surface area (Å²) in [6.07, 6.45) is 1.58. The summed E-state index contributed by atoms with van der Waals surface area (Å²) in [6, 6.07) is 13.6. The van der Waals surface area contributed by atoms with Crippen LogP contribution in [0.5, 0.6) is 11.5 Å². The molecule has 4 rings (SSSR count). The Labute approximate surface area is 169 Å². The topological polar surface area (TPSA) is 71.6 Å². The number of carbonyl (C=O) groups is 1. The number of rotatable bonds is 5. The smallest absolute Gasteiger partial charge is 0.251 e. The van der Waals surface area contributed by atoms with Crippen LogP contribution in [0.4, 0.5) is 0 Å². The molecule has 0 bridgehead atoms. The van der Waals surface area contributed by atoms with Gasteiger partial charge in [-0.1, -0.05) is 24.3 Å². The number of methoxy groups -OCH3 is 2. The summed E-state index contributed by atoms with van der Waals surface area (Å²) in [5, 5.41) is 0.844. The number of pyridine rings is 1. The second kappa shape index (κ2) is 7.99. The van der Waals surface area contributed by atoms with Gasteiger partial charge in [0.2, 0.25) is 5.91 Å². The lowest BCUT2D eigenvalue weighted by Gasteiger charge is -2.29. The molecule has 6 nitrogen and oxygen atoms in total. The molecule has 150 valence electrons. The molecule has 0 fully saturated rings. The number of nitrogens with zero attached hydrogens (tertiary/aromatic N) is 1. The number of aromatic nitrogens is 1. The first-order valence-corrected chi connectivity index (χ1v) is 9.71. The molecular formula is C23H24N2O4. The van der Waals surface area contributed by atoms with E-state index in [2.05, 4.69) is 17.1 Å². The summed E-state index contributed by atoms with van der Waals surface area (Å²) < 4.78 is 10.6. The van der Waals surface area contributed by atoms with Crippen molar-refractivity contribution in [3.05, 3.63) is 69.5 Å². The van der Waals surface area contributed by atoms with Crippen molar-refractivity contribution in [2.45, 2.75) is 25.8 Å². The molecule has 0 aliphatic carbocycles. The quantitative estimate of drug-likeness (QED) is 0.724. The number of hydrogen-bond donors (Lipinski definition) is 1. The molecule has 29 heavy (non-hydrogen) atoms. The lowest BCUT2D eigenvalue weighted by molar-refractivity contribution is -0.132. The largest absolute Gasteiger partial charge is 0.493 e. The van der Waals surface area contributed by atoms with Crippen LogP contribution in [0.15, 0.2) is 47.3 Å². The van der Waals surface area contributed by atoms with Crippen molar-refractivity contribution in [3.63, 3.8) is 0 Å². The zero-order valence-electron chi connectivity index (χ0n) is 16.7. The molecule has 1 aliphatic heterocycles. The first kappa shape index (κ1) is 19.1. The number of benzene rings is 2. The van der Waals surface area contributed by atoms with Gasteiger partial charge in [-0.05, 0) is 36.1 Å². The third-order valence-electron chi connectivity index (χ3n) is 5.52. The lowest BCUT2D eigenvalue weighted by Crippen LogP contribution is -2.36. The van der Waals surface area contributed by atoms with Crippen molar-refractivity contribution < 1.29 is 14.3 Å². The Morgan fingerprint density at radius 2 is 1.79 bits per heavy atom. The van der Waals surface area contributed by atoms with Gasteiger partial charge in [-0.2, -0.15) is 0 Å². The molecular weight excluding hydrogens is 368 g/mol. The monoisotopic (exact) mass is 392 g/mol. The van der Waals surface area contributed by atoms with E-state index in [0.29, 0.717) is 42.0 Å². The predicted molar refractivity (Wildman–Crippen MR) is 112 cm³/mol. The molecule has 0 unspecified atom stereocenters. The fraction of sp³-hybridized carbons (Fsp3) is 0.304. The average Bonchev–Trinajstić information content (AvgIpc) is 2.76. The van der Waals surface area contributed by atoms with Crippen molar-refractivity contribution in [3.8, 4) is 11.5 Å². The van der Waals surface area contributed by atoms with Gasteiger partial charge in [0.25, 0.3) is 5.56 Å². The molecule has 3 aromatic rings. The van der Waals surface area contributed by atoms with Crippen LogP contribution in [0.2, 0.25) is 0 Å². The highest BCUT2D eigenvalue weighted by molar-refractivity contribution is 5.83. The first-order chi connectivity index (χ1) is 14.1. The number of amides is 1. The number of carbonyl (C=O) groups excluding carboxylic acids is 1. The van der Waals surface area contributed by atoms with Crippen molar-refractivity contribution in [2.75, 3.05) is 20.8 Å². The van der Waals surface area contributed by atoms with E-state index >= 15 is 0 Å². The molecule has 0 saturated heterocycles. The van der Waals surface area contributed by atoms with Crippen molar-refractivity contribution in [2.24, 2.45) is 0 Å². The third kappa shape index (κ3) is 3.83. The summed E-state index contributed by atoms with van der Waals surface area (Å²) in [5.41, 5.74) is 3.61. The highest BCUT2D eigenvalue weighted by Crippen LogP contribution is 2.31. The zero-order valence-corrected chi connectivity index (χ0v) is 16.7. The van der Waals surface area contributed by atoms with Gasteiger partial charge >= 0.3 is 0 Å². The van der Waals surface area contributed by atoms with E-state index in [1.165, 1.54) is 11.1 Å². The molecule has 2 heterocycles. The number of H-pyrrole nitrogens is 1. The van der Waals surface area contributed by atoms with Gasteiger partial charge in [0, 0.05) is 36.5 Å². The van der Waals surface area contributed by atoms with Crippen molar-refractivity contribution in [1.82, 2.24) is 9.88 Å². The van der Waals surface area contributed by atoms with Gasteiger partial charge in [0.15, 0.2) is 11.5 Å². The summed E-state index contributed by atoms with van der Waals surface area (Å²) in [4.78, 5) is 30.0. The van der Waals surface area contributed by atoms with Crippen LogP contribution in [0.25, 0.3) is 10.9 Å². The summed E-state index contributed by atoms with van der Waals surface area (Å²) >= 11 is 0. The fourth-order valence-corrected chi connectivity index (χ4v) is 3.87. The summed E-state index contributed by atoms with van der Waals surface area (Å²) in [7, 11) is 3.13. The standard InChI is InChI=1S/C23H24N2O4/c1-28-20-12-18-11-16(23(27)24-19(18)13-21(20)29-2)7-8-22(26)25-10-9-15-5-3-4-6-17(15)14-25/h3-6,11-13H,7-10,14H2,1-2H3,(H,24,27). The molecule has 1 N–H and O–H groups in total. The number of aryl methyl sites for hydroxylation is 1. The average molecular weight is 392 g/mol.